The van der Waals surface area contributed by atoms with Crippen molar-refractivity contribution in [2.75, 3.05) is 12.4 Å². The van der Waals surface area contributed by atoms with Gasteiger partial charge in [-0.3, -0.25) is 9.78 Å². The summed E-state index contributed by atoms with van der Waals surface area (Å²) < 4.78 is 5.23. The predicted molar refractivity (Wildman–Crippen MR) is 101 cm³/mol. The standard InChI is InChI=1S/C18H15N5O2S/c1-10(24)21-14-8-11(5-7-19-14)16-15(13-9-26-18(23-13)25-2)17-12(22-16)4-3-6-20-17/h3-9,22H,1-2H3,(H,19,21,24). The van der Waals surface area contributed by atoms with Gasteiger partial charge in [0.2, 0.25) is 5.91 Å². The highest BCUT2D eigenvalue weighted by atomic mass is 32.1. The number of pyridine rings is 2. The third-order valence-corrected chi connectivity index (χ3v) is 4.62. The Morgan fingerprint density at radius 2 is 2.15 bits per heavy atom. The van der Waals surface area contributed by atoms with Gasteiger partial charge < -0.3 is 15.0 Å². The fourth-order valence-corrected chi connectivity index (χ4v) is 3.42. The number of hydrogen-bond acceptors (Lipinski definition) is 6. The number of ether oxygens (including phenoxy) is 1. The third-order valence-electron chi connectivity index (χ3n) is 3.82. The van der Waals surface area contributed by atoms with Gasteiger partial charge in [-0.1, -0.05) is 11.3 Å². The minimum absolute atomic E-state index is 0.169. The predicted octanol–water partition coefficient (Wildman–Crippen LogP) is 3.72. The van der Waals surface area contributed by atoms with Crippen LogP contribution in [0.25, 0.3) is 33.5 Å². The van der Waals surface area contributed by atoms with Crippen LogP contribution in [0.15, 0.2) is 42.0 Å². The van der Waals surface area contributed by atoms with Gasteiger partial charge in [0.05, 0.1) is 35.1 Å². The Morgan fingerprint density at radius 3 is 2.92 bits per heavy atom. The number of nitrogens with zero attached hydrogens (tertiary/aromatic N) is 3. The van der Waals surface area contributed by atoms with Crippen molar-refractivity contribution in [3.05, 3.63) is 42.0 Å². The van der Waals surface area contributed by atoms with Crippen LogP contribution in [0.2, 0.25) is 0 Å². The Balaban J connectivity index is 1.92. The maximum atomic E-state index is 11.3. The molecule has 130 valence electrons. The number of rotatable bonds is 4. The molecule has 4 aromatic heterocycles. The molecule has 0 aromatic carbocycles. The van der Waals surface area contributed by atoms with Crippen LogP contribution in [0.3, 0.4) is 0 Å². The molecular formula is C18H15N5O2S. The molecule has 0 saturated carbocycles. The summed E-state index contributed by atoms with van der Waals surface area (Å²) in [5.41, 5.74) is 5.14. The van der Waals surface area contributed by atoms with Gasteiger partial charge in [-0.15, -0.1) is 0 Å². The summed E-state index contributed by atoms with van der Waals surface area (Å²) in [6.45, 7) is 1.45. The van der Waals surface area contributed by atoms with Gasteiger partial charge in [0.15, 0.2) is 0 Å². The van der Waals surface area contributed by atoms with Crippen molar-refractivity contribution in [3.63, 3.8) is 0 Å². The van der Waals surface area contributed by atoms with Crippen LogP contribution in [-0.4, -0.2) is 33.0 Å². The number of methoxy groups -OCH3 is 1. The van der Waals surface area contributed by atoms with Crippen molar-refractivity contribution in [2.24, 2.45) is 0 Å². The molecule has 1 amide bonds. The number of anilines is 1. The summed E-state index contributed by atoms with van der Waals surface area (Å²) in [7, 11) is 1.60. The minimum Gasteiger partial charge on any atom is -0.473 e. The molecule has 4 rings (SSSR count). The molecule has 0 unspecified atom stereocenters. The number of nitrogens with one attached hydrogen (secondary N) is 2. The first-order valence-corrected chi connectivity index (χ1v) is 8.74. The van der Waals surface area contributed by atoms with Crippen LogP contribution >= 0.6 is 11.3 Å². The van der Waals surface area contributed by atoms with E-state index in [1.54, 1.807) is 19.5 Å². The second-order valence-corrected chi connectivity index (χ2v) is 6.41. The molecule has 0 saturated heterocycles. The summed E-state index contributed by atoms with van der Waals surface area (Å²) >= 11 is 1.43. The third kappa shape index (κ3) is 2.91. The number of H-pyrrole nitrogens is 1. The van der Waals surface area contributed by atoms with Crippen LogP contribution in [0.1, 0.15) is 6.92 Å². The number of hydrogen-bond donors (Lipinski definition) is 2. The molecule has 0 radical (unpaired) electrons. The quantitative estimate of drug-likeness (QED) is 0.575. The van der Waals surface area contributed by atoms with Gasteiger partial charge in [-0.25, -0.2) is 9.97 Å². The Bertz CT molecular complexity index is 1100. The topological polar surface area (TPSA) is 92.8 Å². The van der Waals surface area contributed by atoms with Gasteiger partial charge >= 0.3 is 0 Å². The molecule has 7 nitrogen and oxygen atoms in total. The number of aromatic nitrogens is 4. The Kier molecular flexibility index (Phi) is 4.10. The minimum atomic E-state index is -0.169. The van der Waals surface area contributed by atoms with E-state index in [1.807, 2.05) is 29.6 Å². The highest BCUT2D eigenvalue weighted by molar-refractivity contribution is 7.11. The zero-order valence-electron chi connectivity index (χ0n) is 14.1. The monoisotopic (exact) mass is 365 g/mol. The van der Waals surface area contributed by atoms with Crippen LogP contribution in [0.4, 0.5) is 5.82 Å². The van der Waals surface area contributed by atoms with Crippen molar-refractivity contribution in [2.45, 2.75) is 6.92 Å². The molecule has 26 heavy (non-hydrogen) atoms. The van der Waals surface area contributed by atoms with Crippen LogP contribution in [0.5, 0.6) is 5.19 Å². The molecule has 0 bridgehead atoms. The fraction of sp³-hybridized carbons (Fsp3) is 0.111. The van der Waals surface area contributed by atoms with Gasteiger partial charge in [-0.05, 0) is 24.3 Å². The van der Waals surface area contributed by atoms with E-state index in [0.717, 1.165) is 33.5 Å². The van der Waals surface area contributed by atoms with Gasteiger partial charge in [0, 0.05) is 30.3 Å². The van der Waals surface area contributed by atoms with E-state index in [1.165, 1.54) is 18.3 Å². The Hall–Kier alpha value is -3.26. The van der Waals surface area contributed by atoms with Crippen LogP contribution in [-0.2, 0) is 4.79 Å². The summed E-state index contributed by atoms with van der Waals surface area (Å²) in [6.07, 6.45) is 3.41. The summed E-state index contributed by atoms with van der Waals surface area (Å²) in [6, 6.07) is 7.54. The van der Waals surface area contributed by atoms with Crippen LogP contribution < -0.4 is 10.1 Å². The lowest BCUT2D eigenvalue weighted by atomic mass is 10.1. The van der Waals surface area contributed by atoms with Crippen molar-refractivity contribution >= 4 is 34.1 Å². The molecule has 0 aliphatic rings. The second-order valence-electron chi connectivity index (χ2n) is 5.59. The molecule has 0 aliphatic carbocycles. The van der Waals surface area contributed by atoms with Gasteiger partial charge in [-0.2, -0.15) is 0 Å². The second kappa shape index (κ2) is 6.57. The zero-order valence-corrected chi connectivity index (χ0v) is 14.9. The lowest BCUT2D eigenvalue weighted by molar-refractivity contribution is -0.114. The van der Waals surface area contributed by atoms with E-state index < -0.39 is 0 Å². The lowest BCUT2D eigenvalue weighted by Gasteiger charge is -2.05. The molecule has 0 fully saturated rings. The maximum Gasteiger partial charge on any atom is 0.273 e. The SMILES string of the molecule is COc1nc(-c2c(-c3ccnc(NC(C)=O)c3)[nH]c3cccnc23)cs1. The number of carbonyl (C=O) groups is 1. The smallest absolute Gasteiger partial charge is 0.273 e. The normalized spacial score (nSPS) is 10.8. The average Bonchev–Trinajstić information content (AvgIpc) is 3.25. The number of amides is 1. The molecule has 4 heterocycles. The zero-order chi connectivity index (χ0) is 18.1. The summed E-state index contributed by atoms with van der Waals surface area (Å²) in [5.74, 6) is 0.320. The maximum absolute atomic E-state index is 11.3. The summed E-state index contributed by atoms with van der Waals surface area (Å²) in [5, 5.41) is 5.24. The Morgan fingerprint density at radius 1 is 1.27 bits per heavy atom. The number of thiazole rings is 1. The van der Waals surface area contributed by atoms with Gasteiger partial charge in [0.25, 0.3) is 5.19 Å². The average molecular weight is 365 g/mol. The molecule has 8 heteroatoms. The first kappa shape index (κ1) is 16.2. The molecular weight excluding hydrogens is 350 g/mol. The van der Waals surface area contributed by atoms with E-state index in [2.05, 4.69) is 25.3 Å². The van der Waals surface area contributed by atoms with E-state index in [-0.39, 0.29) is 5.91 Å². The molecule has 0 aliphatic heterocycles. The first-order valence-electron chi connectivity index (χ1n) is 7.86. The van der Waals surface area contributed by atoms with Crippen LogP contribution in [0, 0.1) is 0 Å². The van der Waals surface area contributed by atoms with Gasteiger partial charge in [0.1, 0.15) is 5.82 Å². The summed E-state index contributed by atoms with van der Waals surface area (Å²) in [4.78, 5) is 28.0. The largest absolute Gasteiger partial charge is 0.473 e. The molecule has 2 N–H and O–H groups in total. The number of carbonyl (C=O) groups excluding carboxylic acids is 1. The molecule has 0 spiro atoms. The van der Waals surface area contributed by atoms with E-state index in [9.17, 15) is 4.79 Å². The van der Waals surface area contributed by atoms with E-state index in [4.69, 9.17) is 4.74 Å². The molecule has 4 aromatic rings. The number of aromatic amines is 1. The first-order chi connectivity index (χ1) is 12.7. The highest BCUT2D eigenvalue weighted by Crippen LogP contribution is 2.39. The molecule has 0 atom stereocenters. The Labute approximate surface area is 153 Å². The van der Waals surface area contributed by atoms with Crippen molar-refractivity contribution < 1.29 is 9.53 Å². The van der Waals surface area contributed by atoms with Crippen molar-refractivity contribution in [3.8, 4) is 27.7 Å². The number of fused-ring (bicyclic) bond motifs is 1. The van der Waals surface area contributed by atoms with Crippen molar-refractivity contribution in [1.82, 2.24) is 19.9 Å². The highest BCUT2D eigenvalue weighted by Gasteiger charge is 2.19. The fourth-order valence-electron chi connectivity index (χ4n) is 2.79. The van der Waals surface area contributed by atoms with E-state index in [0.29, 0.717) is 11.0 Å². The van der Waals surface area contributed by atoms with E-state index >= 15 is 0 Å². The lowest BCUT2D eigenvalue weighted by Crippen LogP contribution is -2.07. The van der Waals surface area contributed by atoms with Crippen molar-refractivity contribution in [1.29, 1.82) is 0 Å².